The Labute approximate surface area is 144 Å². The second-order valence-corrected chi connectivity index (χ2v) is 7.04. The van der Waals surface area contributed by atoms with E-state index in [1.165, 1.54) is 44.3 Å². The molecule has 2 rings (SSSR count). The molecule has 1 atom stereocenters. The lowest BCUT2D eigenvalue weighted by atomic mass is 10.1. The summed E-state index contributed by atoms with van der Waals surface area (Å²) in [6.45, 7) is 1.39. The van der Waals surface area contributed by atoms with E-state index in [0.717, 1.165) is 18.2 Å². The van der Waals surface area contributed by atoms with Gasteiger partial charge in [-0.05, 0) is 56.4 Å². The van der Waals surface area contributed by atoms with Crippen LogP contribution in [0.1, 0.15) is 27.6 Å². The summed E-state index contributed by atoms with van der Waals surface area (Å²) in [5, 5.41) is 0. The number of carbonyl (C=O) groups excluding carboxylic acids is 2. The van der Waals surface area contributed by atoms with Crippen molar-refractivity contribution in [1.82, 2.24) is 4.72 Å². The van der Waals surface area contributed by atoms with Gasteiger partial charge in [-0.1, -0.05) is 6.07 Å². The second kappa shape index (κ2) is 7.54. The smallest absolute Gasteiger partial charge is 0.338 e. The average Bonchev–Trinajstić information content (AvgIpc) is 2.61. The fourth-order valence-corrected chi connectivity index (χ4v) is 2.81. The predicted molar refractivity (Wildman–Crippen MR) is 88.3 cm³/mol. The highest BCUT2D eigenvalue weighted by Crippen LogP contribution is 2.14. The van der Waals surface area contributed by atoms with Gasteiger partial charge in [0.2, 0.25) is 15.8 Å². The average molecular weight is 365 g/mol. The highest BCUT2D eigenvalue weighted by molar-refractivity contribution is 7.89. The van der Waals surface area contributed by atoms with Crippen molar-refractivity contribution in [2.24, 2.45) is 0 Å². The molecule has 2 aromatic carbocycles. The van der Waals surface area contributed by atoms with Crippen molar-refractivity contribution in [3.05, 3.63) is 65.5 Å². The van der Waals surface area contributed by atoms with E-state index in [2.05, 4.69) is 4.72 Å². The molecule has 0 heterocycles. The van der Waals surface area contributed by atoms with Crippen molar-refractivity contribution in [2.75, 3.05) is 7.05 Å². The summed E-state index contributed by atoms with van der Waals surface area (Å²) in [4.78, 5) is 24.3. The third-order valence-corrected chi connectivity index (χ3v) is 4.84. The molecule has 0 aliphatic rings. The number of nitrogens with one attached hydrogen (secondary N) is 1. The third kappa shape index (κ3) is 4.49. The lowest BCUT2D eigenvalue weighted by Gasteiger charge is -2.13. The zero-order chi connectivity index (χ0) is 18.6. The summed E-state index contributed by atoms with van der Waals surface area (Å²) in [7, 11) is -2.45. The normalized spacial score (nSPS) is 12.4. The van der Waals surface area contributed by atoms with Gasteiger partial charge >= 0.3 is 5.97 Å². The lowest BCUT2D eigenvalue weighted by Crippen LogP contribution is -2.25. The highest BCUT2D eigenvalue weighted by Gasteiger charge is 2.21. The van der Waals surface area contributed by atoms with Crippen molar-refractivity contribution >= 4 is 21.8 Å². The first-order valence-electron chi connectivity index (χ1n) is 7.29. The van der Waals surface area contributed by atoms with Gasteiger partial charge in [-0.2, -0.15) is 0 Å². The van der Waals surface area contributed by atoms with E-state index >= 15 is 0 Å². The SMILES string of the molecule is CNS(=O)(=O)c1cccc(C(=O)O[C@@H](C)C(=O)c2ccc(F)cc2)c1. The van der Waals surface area contributed by atoms with Crippen LogP contribution < -0.4 is 4.72 Å². The number of hydrogen-bond donors (Lipinski definition) is 1. The molecule has 132 valence electrons. The van der Waals surface area contributed by atoms with Crippen molar-refractivity contribution in [3.63, 3.8) is 0 Å². The van der Waals surface area contributed by atoms with Crippen LogP contribution in [0.25, 0.3) is 0 Å². The van der Waals surface area contributed by atoms with Gasteiger partial charge in [0.1, 0.15) is 5.82 Å². The molecule has 0 fully saturated rings. The maximum atomic E-state index is 12.9. The summed E-state index contributed by atoms with van der Waals surface area (Å²) < 4.78 is 43.7. The Balaban J connectivity index is 2.15. The van der Waals surface area contributed by atoms with E-state index in [1.54, 1.807) is 0 Å². The quantitative estimate of drug-likeness (QED) is 0.626. The Kier molecular flexibility index (Phi) is 5.66. The molecule has 8 heteroatoms. The number of hydrogen-bond acceptors (Lipinski definition) is 5. The number of rotatable bonds is 6. The molecule has 6 nitrogen and oxygen atoms in total. The highest BCUT2D eigenvalue weighted by atomic mass is 32.2. The van der Waals surface area contributed by atoms with Crippen LogP contribution in [-0.2, 0) is 14.8 Å². The van der Waals surface area contributed by atoms with Crippen LogP contribution >= 0.6 is 0 Å². The Morgan fingerprint density at radius 3 is 2.32 bits per heavy atom. The predicted octanol–water partition coefficient (Wildman–Crippen LogP) is 2.16. The molecule has 0 aromatic heterocycles. The monoisotopic (exact) mass is 365 g/mol. The van der Waals surface area contributed by atoms with Gasteiger partial charge in [0, 0.05) is 5.56 Å². The van der Waals surface area contributed by atoms with Crippen LogP contribution in [0.5, 0.6) is 0 Å². The number of esters is 1. The molecule has 25 heavy (non-hydrogen) atoms. The Morgan fingerprint density at radius 1 is 1.08 bits per heavy atom. The first-order valence-corrected chi connectivity index (χ1v) is 8.77. The molecule has 2 aromatic rings. The van der Waals surface area contributed by atoms with Crippen molar-refractivity contribution < 1.29 is 27.1 Å². The van der Waals surface area contributed by atoms with Crippen molar-refractivity contribution in [2.45, 2.75) is 17.9 Å². The summed E-state index contributed by atoms with van der Waals surface area (Å²) in [6, 6.07) is 10.1. The molecular weight excluding hydrogens is 349 g/mol. The minimum atomic E-state index is -3.71. The molecular formula is C17H16FNO5S. The van der Waals surface area contributed by atoms with Gasteiger partial charge in [-0.3, -0.25) is 4.79 Å². The van der Waals surface area contributed by atoms with Crippen LogP contribution in [0.15, 0.2) is 53.4 Å². The minimum Gasteiger partial charge on any atom is -0.451 e. The fraction of sp³-hybridized carbons (Fsp3) is 0.176. The van der Waals surface area contributed by atoms with Crippen LogP contribution in [-0.4, -0.2) is 33.3 Å². The third-order valence-electron chi connectivity index (χ3n) is 3.43. The molecule has 0 aliphatic carbocycles. The van der Waals surface area contributed by atoms with E-state index in [9.17, 15) is 22.4 Å². The molecule has 0 bridgehead atoms. The topological polar surface area (TPSA) is 89.5 Å². The van der Waals surface area contributed by atoms with Gasteiger partial charge in [-0.15, -0.1) is 0 Å². The Bertz CT molecular complexity index is 894. The number of ketones is 1. The van der Waals surface area contributed by atoms with E-state index in [0.29, 0.717) is 0 Å². The number of carbonyl (C=O) groups is 2. The first-order chi connectivity index (χ1) is 11.7. The number of ether oxygens (including phenoxy) is 1. The standard InChI is InChI=1S/C17H16FNO5S/c1-11(16(20)12-6-8-14(18)9-7-12)24-17(21)13-4-3-5-15(10-13)25(22,23)19-2/h3-11,19H,1-2H3/t11-/m0/s1. The molecule has 0 radical (unpaired) electrons. The molecule has 0 aliphatic heterocycles. The Hall–Kier alpha value is -2.58. The number of benzene rings is 2. The summed E-state index contributed by atoms with van der Waals surface area (Å²) in [5.41, 5.74) is 0.197. The zero-order valence-electron chi connectivity index (χ0n) is 13.5. The molecule has 0 unspecified atom stereocenters. The molecule has 0 spiro atoms. The van der Waals surface area contributed by atoms with E-state index in [4.69, 9.17) is 4.74 Å². The van der Waals surface area contributed by atoms with Crippen LogP contribution in [0, 0.1) is 5.82 Å². The molecule has 0 amide bonds. The lowest BCUT2D eigenvalue weighted by molar-refractivity contribution is 0.0318. The number of halogens is 1. The molecule has 0 saturated heterocycles. The van der Waals surface area contributed by atoms with E-state index in [-0.39, 0.29) is 16.0 Å². The largest absolute Gasteiger partial charge is 0.451 e. The summed E-state index contributed by atoms with van der Waals surface area (Å²) >= 11 is 0. The van der Waals surface area contributed by atoms with E-state index in [1.807, 2.05) is 0 Å². The molecule has 0 saturated carbocycles. The number of Topliss-reactive ketones (excluding diaryl/α,β-unsaturated/α-hetero) is 1. The fourth-order valence-electron chi connectivity index (χ4n) is 2.04. The summed E-state index contributed by atoms with van der Waals surface area (Å²) in [5.74, 6) is -1.81. The van der Waals surface area contributed by atoms with Gasteiger partial charge < -0.3 is 4.74 Å². The van der Waals surface area contributed by atoms with Crippen LogP contribution in [0.2, 0.25) is 0 Å². The van der Waals surface area contributed by atoms with Crippen LogP contribution in [0.4, 0.5) is 4.39 Å². The van der Waals surface area contributed by atoms with Gasteiger partial charge in [0.15, 0.2) is 6.10 Å². The van der Waals surface area contributed by atoms with Gasteiger partial charge in [-0.25, -0.2) is 22.3 Å². The number of sulfonamides is 1. The molecule has 1 N–H and O–H groups in total. The Morgan fingerprint density at radius 2 is 1.72 bits per heavy atom. The van der Waals surface area contributed by atoms with E-state index < -0.39 is 33.7 Å². The maximum absolute atomic E-state index is 12.9. The minimum absolute atomic E-state index is 0.00455. The second-order valence-electron chi connectivity index (χ2n) is 5.15. The van der Waals surface area contributed by atoms with Gasteiger partial charge in [0.25, 0.3) is 0 Å². The maximum Gasteiger partial charge on any atom is 0.338 e. The van der Waals surface area contributed by atoms with Gasteiger partial charge in [0.05, 0.1) is 10.5 Å². The van der Waals surface area contributed by atoms with Crippen molar-refractivity contribution in [3.8, 4) is 0 Å². The first kappa shape index (κ1) is 18.8. The van der Waals surface area contributed by atoms with Crippen molar-refractivity contribution in [1.29, 1.82) is 0 Å². The zero-order valence-corrected chi connectivity index (χ0v) is 14.3. The van der Waals surface area contributed by atoms with Crippen LogP contribution in [0.3, 0.4) is 0 Å². The summed E-state index contributed by atoms with van der Waals surface area (Å²) in [6.07, 6.45) is -1.11.